The Balaban J connectivity index is 1.88. The summed E-state index contributed by atoms with van der Waals surface area (Å²) in [7, 11) is 0. The molecule has 3 aromatic rings. The molecule has 0 saturated carbocycles. The molecule has 0 spiro atoms. The van der Waals surface area contributed by atoms with Crippen LogP contribution in [-0.4, -0.2) is 26.2 Å². The minimum Gasteiger partial charge on any atom is -0.301 e. The molecule has 0 saturated heterocycles. The summed E-state index contributed by atoms with van der Waals surface area (Å²) >= 11 is 4.20. The maximum atomic E-state index is 13.0. The van der Waals surface area contributed by atoms with E-state index < -0.39 is 0 Å². The van der Waals surface area contributed by atoms with Gasteiger partial charge in [-0.1, -0.05) is 25.1 Å². The second-order valence-electron chi connectivity index (χ2n) is 5.84. The van der Waals surface area contributed by atoms with Gasteiger partial charge in [0.05, 0.1) is 11.1 Å². The van der Waals surface area contributed by atoms with Gasteiger partial charge in [0, 0.05) is 23.0 Å². The number of nitrogens with one attached hydrogen (secondary N) is 1. The average Bonchev–Trinajstić information content (AvgIpc) is 3.21. The number of carbonyl (C=O) groups excluding carboxylic acids is 1. The van der Waals surface area contributed by atoms with Gasteiger partial charge >= 0.3 is 0 Å². The molecule has 3 aromatic heterocycles. The van der Waals surface area contributed by atoms with Crippen LogP contribution in [0.2, 0.25) is 0 Å². The number of carbonyl (C=O) groups is 1. The maximum Gasteiger partial charge on any atom is 0.263 e. The summed E-state index contributed by atoms with van der Waals surface area (Å²) in [4.78, 5) is 35.7. The molecule has 0 unspecified atom stereocenters. The molecule has 0 bridgehead atoms. The summed E-state index contributed by atoms with van der Waals surface area (Å²) in [6, 6.07) is 0. The van der Waals surface area contributed by atoms with Crippen molar-refractivity contribution < 1.29 is 4.79 Å². The van der Waals surface area contributed by atoms with E-state index in [1.54, 1.807) is 10.8 Å². The molecule has 138 valence electrons. The topological polar surface area (TPSA) is 76.9 Å². The van der Waals surface area contributed by atoms with Gasteiger partial charge in [-0.2, -0.15) is 0 Å². The van der Waals surface area contributed by atoms with Gasteiger partial charge in [0.25, 0.3) is 5.56 Å². The second kappa shape index (κ2) is 8.32. The number of thiophene rings is 1. The van der Waals surface area contributed by atoms with E-state index >= 15 is 0 Å². The van der Waals surface area contributed by atoms with Crippen molar-refractivity contribution in [3.8, 4) is 0 Å². The third-order valence-corrected chi connectivity index (χ3v) is 6.77. The molecule has 9 heteroatoms. The number of hydrogen-bond acceptors (Lipinski definition) is 7. The Morgan fingerprint density at radius 3 is 2.88 bits per heavy atom. The van der Waals surface area contributed by atoms with Crippen molar-refractivity contribution in [2.45, 2.75) is 45.3 Å². The molecule has 3 heterocycles. The van der Waals surface area contributed by atoms with Crippen molar-refractivity contribution in [1.82, 2.24) is 14.5 Å². The summed E-state index contributed by atoms with van der Waals surface area (Å²) < 4.78 is 1.71. The summed E-state index contributed by atoms with van der Waals surface area (Å²) in [5, 5.41) is 6.45. The number of nitrogens with zero attached hydrogens (tertiary/aromatic N) is 3. The predicted octanol–water partition coefficient (Wildman–Crippen LogP) is 4.06. The van der Waals surface area contributed by atoms with Crippen LogP contribution in [0.3, 0.4) is 0 Å². The standard InChI is InChI=1S/C17H20N4O2S3/c1-4-5-7-21-15(23)13-10(2)11(3)26-14(13)20-17(21)25-9-12(22)19-16-18-6-8-24-16/h6,8H,4-5,7,9H2,1-3H3,(H,18,19,22). The van der Waals surface area contributed by atoms with E-state index in [9.17, 15) is 9.59 Å². The first kappa shape index (κ1) is 19.1. The van der Waals surface area contributed by atoms with Crippen molar-refractivity contribution in [3.63, 3.8) is 0 Å². The van der Waals surface area contributed by atoms with Crippen molar-refractivity contribution in [2.75, 3.05) is 11.1 Å². The zero-order valence-electron chi connectivity index (χ0n) is 14.9. The molecule has 1 N–H and O–H groups in total. The Morgan fingerprint density at radius 2 is 2.19 bits per heavy atom. The molecule has 0 aliphatic rings. The van der Waals surface area contributed by atoms with Crippen molar-refractivity contribution >= 4 is 55.7 Å². The molecule has 0 aromatic carbocycles. The van der Waals surface area contributed by atoms with Crippen LogP contribution in [0.25, 0.3) is 10.2 Å². The fourth-order valence-corrected chi connectivity index (χ4v) is 4.94. The Morgan fingerprint density at radius 1 is 1.38 bits per heavy atom. The summed E-state index contributed by atoms with van der Waals surface area (Å²) in [6.07, 6.45) is 3.53. The predicted molar refractivity (Wildman–Crippen MR) is 110 cm³/mol. The highest BCUT2D eigenvalue weighted by atomic mass is 32.2. The number of thioether (sulfide) groups is 1. The van der Waals surface area contributed by atoms with Gasteiger partial charge in [0.2, 0.25) is 5.91 Å². The van der Waals surface area contributed by atoms with Gasteiger partial charge in [-0.15, -0.1) is 22.7 Å². The van der Waals surface area contributed by atoms with E-state index in [0.717, 1.165) is 28.1 Å². The summed E-state index contributed by atoms with van der Waals surface area (Å²) in [5.74, 6) is 0.0346. The van der Waals surface area contributed by atoms with E-state index in [4.69, 9.17) is 4.98 Å². The maximum absolute atomic E-state index is 13.0. The Bertz CT molecular complexity index is 976. The lowest BCUT2D eigenvalue weighted by Gasteiger charge is -2.11. The number of hydrogen-bond donors (Lipinski definition) is 1. The van der Waals surface area contributed by atoms with Gasteiger partial charge in [-0.05, 0) is 25.8 Å². The van der Waals surface area contributed by atoms with Crippen molar-refractivity contribution in [3.05, 3.63) is 32.4 Å². The van der Waals surface area contributed by atoms with E-state index in [-0.39, 0.29) is 17.2 Å². The highest BCUT2D eigenvalue weighted by Gasteiger charge is 2.17. The molecular formula is C17H20N4O2S3. The first-order chi connectivity index (χ1) is 12.5. The summed E-state index contributed by atoms with van der Waals surface area (Å²) in [6.45, 7) is 6.68. The molecule has 0 atom stereocenters. The number of fused-ring (bicyclic) bond motifs is 1. The highest BCUT2D eigenvalue weighted by Crippen LogP contribution is 2.28. The third kappa shape index (κ3) is 3.99. The zero-order valence-corrected chi connectivity index (χ0v) is 17.3. The quantitative estimate of drug-likeness (QED) is 0.471. The van der Waals surface area contributed by atoms with Crippen molar-refractivity contribution in [2.24, 2.45) is 0 Å². The van der Waals surface area contributed by atoms with Crippen LogP contribution < -0.4 is 10.9 Å². The first-order valence-electron chi connectivity index (χ1n) is 8.34. The van der Waals surface area contributed by atoms with E-state index in [0.29, 0.717) is 22.2 Å². The van der Waals surface area contributed by atoms with Crippen LogP contribution in [0.15, 0.2) is 21.5 Å². The largest absolute Gasteiger partial charge is 0.301 e. The molecular weight excluding hydrogens is 388 g/mol. The third-order valence-electron chi connectivity index (χ3n) is 4.00. The lowest BCUT2D eigenvalue weighted by Crippen LogP contribution is -2.24. The fourth-order valence-electron chi connectivity index (χ4n) is 2.50. The Labute approximate surface area is 163 Å². The SMILES string of the molecule is CCCCn1c(SCC(=O)Nc2nccs2)nc2sc(C)c(C)c2c1=O. The zero-order chi connectivity index (χ0) is 18.7. The minimum atomic E-state index is -0.153. The molecule has 0 radical (unpaired) electrons. The molecule has 3 rings (SSSR count). The van der Waals surface area contributed by atoms with Gasteiger partial charge in [-0.3, -0.25) is 14.2 Å². The van der Waals surface area contributed by atoms with E-state index in [2.05, 4.69) is 17.2 Å². The molecule has 6 nitrogen and oxygen atoms in total. The number of aryl methyl sites for hydroxylation is 2. The molecule has 1 amide bonds. The van der Waals surface area contributed by atoms with Gasteiger partial charge in [0.1, 0.15) is 4.83 Å². The Hall–Kier alpha value is -1.71. The monoisotopic (exact) mass is 408 g/mol. The van der Waals surface area contributed by atoms with Gasteiger partial charge in [0.15, 0.2) is 10.3 Å². The normalized spacial score (nSPS) is 11.2. The average molecular weight is 409 g/mol. The van der Waals surface area contributed by atoms with E-state index in [1.165, 1.54) is 34.4 Å². The number of aromatic nitrogens is 3. The number of anilines is 1. The molecule has 0 fully saturated rings. The van der Waals surface area contributed by atoms with Crippen LogP contribution in [0.4, 0.5) is 5.13 Å². The highest BCUT2D eigenvalue weighted by molar-refractivity contribution is 7.99. The van der Waals surface area contributed by atoms with Gasteiger partial charge in [-0.25, -0.2) is 9.97 Å². The first-order valence-corrected chi connectivity index (χ1v) is 11.0. The Kier molecular flexibility index (Phi) is 6.10. The lowest BCUT2D eigenvalue weighted by molar-refractivity contribution is -0.113. The van der Waals surface area contributed by atoms with Crippen LogP contribution in [-0.2, 0) is 11.3 Å². The number of unbranched alkanes of at least 4 members (excludes halogenated alkanes) is 1. The molecule has 0 aliphatic carbocycles. The van der Waals surface area contributed by atoms with Crippen LogP contribution in [0.5, 0.6) is 0 Å². The number of amides is 1. The number of rotatable bonds is 7. The fraction of sp³-hybridized carbons (Fsp3) is 0.412. The van der Waals surface area contributed by atoms with E-state index in [1.807, 2.05) is 19.2 Å². The van der Waals surface area contributed by atoms with Crippen molar-refractivity contribution in [1.29, 1.82) is 0 Å². The minimum absolute atomic E-state index is 0.00636. The van der Waals surface area contributed by atoms with Crippen LogP contribution in [0.1, 0.15) is 30.2 Å². The van der Waals surface area contributed by atoms with Gasteiger partial charge < -0.3 is 5.32 Å². The summed E-state index contributed by atoms with van der Waals surface area (Å²) in [5.41, 5.74) is 0.999. The van der Waals surface area contributed by atoms with Crippen LogP contribution in [0, 0.1) is 13.8 Å². The van der Waals surface area contributed by atoms with Crippen LogP contribution >= 0.6 is 34.4 Å². The second-order valence-corrected chi connectivity index (χ2v) is 8.88. The molecule has 26 heavy (non-hydrogen) atoms. The smallest absolute Gasteiger partial charge is 0.263 e. The molecule has 0 aliphatic heterocycles. The number of thiazole rings is 1. The lowest BCUT2D eigenvalue weighted by atomic mass is 10.2.